The third-order valence-electron chi connectivity index (χ3n) is 5.68. The lowest BCUT2D eigenvalue weighted by molar-refractivity contribution is 0.400. The Morgan fingerprint density at radius 2 is 1.65 bits per heavy atom. The minimum atomic E-state index is -4.41. The molecule has 0 atom stereocenters. The molecule has 37 heavy (non-hydrogen) atoms. The Balaban J connectivity index is 1.58. The predicted octanol–water partition coefficient (Wildman–Crippen LogP) is 5.63. The van der Waals surface area contributed by atoms with Gasteiger partial charge in [0.1, 0.15) is 22.2 Å². The molecule has 0 saturated carbocycles. The molecule has 0 spiro atoms. The van der Waals surface area contributed by atoms with E-state index in [9.17, 15) is 17.2 Å². The van der Waals surface area contributed by atoms with E-state index >= 15 is 0 Å². The number of methoxy groups -OCH3 is 1. The lowest BCUT2D eigenvalue weighted by Gasteiger charge is -2.14. The quantitative estimate of drug-likeness (QED) is 0.314. The molecular weight excluding hydrogens is 498 g/mol. The molecule has 3 heterocycles. The molecule has 7 nitrogen and oxygen atoms in total. The van der Waals surface area contributed by atoms with E-state index in [-0.39, 0.29) is 11.6 Å². The van der Waals surface area contributed by atoms with Crippen LogP contribution in [0.15, 0.2) is 84.1 Å². The maximum absolute atomic E-state index is 14.2. The number of sulfonamides is 1. The zero-order chi connectivity index (χ0) is 26.2. The van der Waals surface area contributed by atoms with Gasteiger partial charge in [-0.3, -0.25) is 14.7 Å². The first kappa shape index (κ1) is 24.3. The molecule has 0 saturated heterocycles. The topological polar surface area (TPSA) is 94.1 Å². The summed E-state index contributed by atoms with van der Waals surface area (Å²) in [5.41, 5.74) is 4.50. The average molecular weight is 518 g/mol. The van der Waals surface area contributed by atoms with Crippen molar-refractivity contribution in [2.45, 2.75) is 4.90 Å². The summed E-state index contributed by atoms with van der Waals surface area (Å²) in [4.78, 5) is 12.2. The summed E-state index contributed by atoms with van der Waals surface area (Å²) < 4.78 is 60.8. The van der Waals surface area contributed by atoms with Gasteiger partial charge in [0.25, 0.3) is 10.0 Å². The Hall–Kier alpha value is -4.44. The van der Waals surface area contributed by atoms with Crippen molar-refractivity contribution in [2.75, 3.05) is 11.8 Å². The van der Waals surface area contributed by atoms with Crippen LogP contribution in [-0.2, 0) is 10.0 Å². The Kier molecular flexibility index (Phi) is 6.26. The maximum Gasteiger partial charge on any atom is 0.264 e. The van der Waals surface area contributed by atoms with Gasteiger partial charge in [-0.15, -0.1) is 0 Å². The highest BCUT2D eigenvalue weighted by molar-refractivity contribution is 7.92. The van der Waals surface area contributed by atoms with Gasteiger partial charge in [0, 0.05) is 46.9 Å². The number of halogens is 2. The first-order valence-electron chi connectivity index (χ1n) is 10.9. The summed E-state index contributed by atoms with van der Waals surface area (Å²) in [7, 11) is -3.08. The van der Waals surface area contributed by atoms with E-state index in [1.807, 2.05) is 36.4 Å². The van der Waals surface area contributed by atoms with Crippen molar-refractivity contribution in [2.24, 2.45) is 0 Å². The zero-order valence-electron chi connectivity index (χ0n) is 19.4. The number of pyridine rings is 3. The van der Waals surface area contributed by atoms with Crippen LogP contribution in [0.1, 0.15) is 5.69 Å². The standard InChI is InChI=1S/C27H19F2N4O3S/c1-16-3-4-18(14-31-16)21-9-10-30-24-7-5-17(11-22(21)24)19-12-25(27(36-2)32-15-19)33-37(34,35)26-8-6-20(28)13-23(26)29/h3-15,33H,1H2,2H3. The molecule has 1 radical (unpaired) electrons. The third-order valence-corrected chi connectivity index (χ3v) is 7.08. The summed E-state index contributed by atoms with van der Waals surface area (Å²) in [6.07, 6.45) is 4.98. The number of hydrogen-bond acceptors (Lipinski definition) is 6. The molecule has 3 aromatic heterocycles. The average Bonchev–Trinajstić information content (AvgIpc) is 2.88. The van der Waals surface area contributed by atoms with E-state index < -0.39 is 26.6 Å². The van der Waals surface area contributed by atoms with Crippen LogP contribution in [-0.4, -0.2) is 30.5 Å². The Morgan fingerprint density at radius 3 is 2.38 bits per heavy atom. The normalized spacial score (nSPS) is 11.5. The predicted molar refractivity (Wildman–Crippen MR) is 136 cm³/mol. The van der Waals surface area contributed by atoms with Crippen LogP contribution >= 0.6 is 0 Å². The molecule has 0 fully saturated rings. The molecule has 0 bridgehead atoms. The fourth-order valence-corrected chi connectivity index (χ4v) is 5.01. The minimum absolute atomic E-state index is 0.00883. The van der Waals surface area contributed by atoms with Gasteiger partial charge in [-0.1, -0.05) is 12.1 Å². The van der Waals surface area contributed by atoms with Crippen molar-refractivity contribution in [3.8, 4) is 28.1 Å². The van der Waals surface area contributed by atoms with Crippen LogP contribution < -0.4 is 9.46 Å². The number of rotatable bonds is 6. The minimum Gasteiger partial charge on any atom is -0.480 e. The van der Waals surface area contributed by atoms with Crippen LogP contribution in [0.2, 0.25) is 0 Å². The molecule has 5 aromatic rings. The fourth-order valence-electron chi connectivity index (χ4n) is 3.90. The SMILES string of the molecule is [CH2]c1ccc(-c2ccnc3ccc(-c4cnc(OC)c(NS(=O)(=O)c5ccc(F)cc5F)c4)cc23)cn1. The van der Waals surface area contributed by atoms with Gasteiger partial charge in [-0.25, -0.2) is 22.2 Å². The Morgan fingerprint density at radius 1 is 0.865 bits per heavy atom. The van der Waals surface area contributed by atoms with E-state index in [0.717, 1.165) is 39.7 Å². The highest BCUT2D eigenvalue weighted by atomic mass is 32.2. The Labute approximate surface area is 211 Å². The van der Waals surface area contributed by atoms with Crippen molar-refractivity contribution in [1.29, 1.82) is 0 Å². The van der Waals surface area contributed by atoms with Gasteiger partial charge in [0.2, 0.25) is 5.88 Å². The second kappa shape index (κ2) is 9.55. The van der Waals surface area contributed by atoms with Crippen LogP contribution in [0, 0.1) is 18.6 Å². The third kappa shape index (κ3) is 4.83. The molecule has 0 unspecified atom stereocenters. The number of ether oxygens (including phenoxy) is 1. The smallest absolute Gasteiger partial charge is 0.264 e. The fraction of sp³-hybridized carbons (Fsp3) is 0.0370. The molecule has 10 heteroatoms. The number of anilines is 1. The van der Waals surface area contributed by atoms with E-state index in [4.69, 9.17) is 4.74 Å². The maximum atomic E-state index is 14.2. The van der Waals surface area contributed by atoms with Gasteiger partial charge in [-0.2, -0.15) is 0 Å². The first-order chi connectivity index (χ1) is 17.7. The molecule has 0 aliphatic carbocycles. The van der Waals surface area contributed by atoms with E-state index in [0.29, 0.717) is 17.3 Å². The van der Waals surface area contributed by atoms with E-state index in [1.165, 1.54) is 19.4 Å². The van der Waals surface area contributed by atoms with Crippen molar-refractivity contribution in [3.05, 3.63) is 104 Å². The molecule has 0 aliphatic heterocycles. The summed E-state index contributed by atoms with van der Waals surface area (Å²) in [5, 5.41) is 0.852. The number of benzene rings is 2. The van der Waals surface area contributed by atoms with Gasteiger partial charge in [0.05, 0.1) is 12.6 Å². The molecule has 185 valence electrons. The summed E-state index contributed by atoms with van der Waals surface area (Å²) >= 11 is 0. The molecule has 0 amide bonds. The number of nitrogens with one attached hydrogen (secondary N) is 1. The summed E-state index contributed by atoms with van der Waals surface area (Å²) in [6.45, 7) is 3.82. The zero-order valence-corrected chi connectivity index (χ0v) is 20.3. The van der Waals surface area contributed by atoms with Crippen molar-refractivity contribution in [3.63, 3.8) is 0 Å². The van der Waals surface area contributed by atoms with Crippen molar-refractivity contribution < 1.29 is 21.9 Å². The number of nitrogens with zero attached hydrogens (tertiary/aromatic N) is 3. The number of aromatic nitrogens is 3. The van der Waals surface area contributed by atoms with Gasteiger partial charge >= 0.3 is 0 Å². The molecule has 0 aliphatic rings. The monoisotopic (exact) mass is 517 g/mol. The molecule has 1 N–H and O–H groups in total. The van der Waals surface area contributed by atoms with Gasteiger partial charge in [0.15, 0.2) is 0 Å². The second-order valence-electron chi connectivity index (χ2n) is 8.09. The highest BCUT2D eigenvalue weighted by Crippen LogP contribution is 2.34. The Bertz CT molecular complexity index is 1740. The summed E-state index contributed by atoms with van der Waals surface area (Å²) in [6, 6.07) is 15.0. The number of hydrogen-bond donors (Lipinski definition) is 1. The highest BCUT2D eigenvalue weighted by Gasteiger charge is 2.22. The number of fused-ring (bicyclic) bond motifs is 1. The first-order valence-corrected chi connectivity index (χ1v) is 12.4. The van der Waals surface area contributed by atoms with Crippen LogP contribution in [0.25, 0.3) is 33.2 Å². The lowest BCUT2D eigenvalue weighted by atomic mass is 9.98. The van der Waals surface area contributed by atoms with Gasteiger partial charge in [-0.05, 0) is 60.5 Å². The van der Waals surface area contributed by atoms with Crippen LogP contribution in [0.3, 0.4) is 0 Å². The van der Waals surface area contributed by atoms with Crippen molar-refractivity contribution in [1.82, 2.24) is 15.0 Å². The van der Waals surface area contributed by atoms with Crippen molar-refractivity contribution >= 4 is 26.6 Å². The molecule has 2 aromatic carbocycles. The molecular formula is C27H19F2N4O3S. The van der Waals surface area contributed by atoms with Gasteiger partial charge < -0.3 is 4.74 Å². The lowest BCUT2D eigenvalue weighted by Crippen LogP contribution is -2.15. The van der Waals surface area contributed by atoms with E-state index in [2.05, 4.69) is 26.6 Å². The van der Waals surface area contributed by atoms with E-state index in [1.54, 1.807) is 12.4 Å². The largest absolute Gasteiger partial charge is 0.480 e. The van der Waals surface area contributed by atoms with Crippen LogP contribution in [0.4, 0.5) is 14.5 Å². The van der Waals surface area contributed by atoms with Crippen LogP contribution in [0.5, 0.6) is 5.88 Å². The second-order valence-corrected chi connectivity index (χ2v) is 9.74. The summed E-state index contributed by atoms with van der Waals surface area (Å²) in [5.74, 6) is -2.12. The molecule has 5 rings (SSSR count).